The molecule has 2 nitrogen and oxygen atoms in total. The molecular weight excluding hydrogens is 181 g/mol. The van der Waals surface area contributed by atoms with E-state index in [-0.39, 0.29) is 5.82 Å². The van der Waals surface area contributed by atoms with E-state index in [2.05, 4.69) is 4.98 Å². The van der Waals surface area contributed by atoms with E-state index in [4.69, 9.17) is 0 Å². The lowest BCUT2D eigenvalue weighted by Crippen LogP contribution is -1.90. The van der Waals surface area contributed by atoms with Crippen LogP contribution in [0.25, 0.3) is 10.9 Å². The van der Waals surface area contributed by atoms with Gasteiger partial charge in [0.05, 0.1) is 5.52 Å². The van der Waals surface area contributed by atoms with Gasteiger partial charge in [0.25, 0.3) is 0 Å². The summed E-state index contributed by atoms with van der Waals surface area (Å²) in [5.41, 5.74) is 1.78. The zero-order valence-corrected chi connectivity index (χ0v) is 7.62. The van der Waals surface area contributed by atoms with Crippen LogP contribution in [-0.2, 0) is 0 Å². The Morgan fingerprint density at radius 3 is 2.86 bits per heavy atom. The van der Waals surface area contributed by atoms with Gasteiger partial charge in [0.2, 0.25) is 0 Å². The van der Waals surface area contributed by atoms with Crippen molar-refractivity contribution in [2.24, 2.45) is 0 Å². The maximum atomic E-state index is 12.9. The van der Waals surface area contributed by atoms with Crippen molar-refractivity contribution in [2.75, 3.05) is 0 Å². The number of benzene rings is 1. The fraction of sp³-hybridized carbons (Fsp3) is 0.0909. The largest absolute Gasteiger partial charge is 0.298 e. The summed E-state index contributed by atoms with van der Waals surface area (Å²) in [4.78, 5) is 14.9. The van der Waals surface area contributed by atoms with E-state index in [1.807, 2.05) is 0 Å². The van der Waals surface area contributed by atoms with Gasteiger partial charge >= 0.3 is 0 Å². The molecule has 0 aliphatic carbocycles. The standard InChI is InChI=1S/C11H8FNO/c1-7-4-8(6-14)10-3-2-9(12)5-11(10)13-7/h2-6H,1H3. The van der Waals surface area contributed by atoms with Gasteiger partial charge in [0.15, 0.2) is 6.29 Å². The third-order valence-corrected chi connectivity index (χ3v) is 2.06. The van der Waals surface area contributed by atoms with Crippen LogP contribution in [-0.4, -0.2) is 11.3 Å². The summed E-state index contributed by atoms with van der Waals surface area (Å²) in [5, 5.41) is 0.687. The molecule has 2 aromatic rings. The summed E-state index contributed by atoms with van der Waals surface area (Å²) >= 11 is 0. The van der Waals surface area contributed by atoms with Crippen molar-refractivity contribution in [3.63, 3.8) is 0 Å². The summed E-state index contributed by atoms with van der Waals surface area (Å²) in [6, 6.07) is 5.91. The smallest absolute Gasteiger partial charge is 0.150 e. The van der Waals surface area contributed by atoms with E-state index in [1.54, 1.807) is 19.1 Å². The average Bonchev–Trinajstić information content (AvgIpc) is 2.15. The lowest BCUT2D eigenvalue weighted by Gasteiger charge is -2.01. The molecule has 0 radical (unpaired) electrons. The van der Waals surface area contributed by atoms with Crippen LogP contribution < -0.4 is 0 Å². The second-order valence-electron chi connectivity index (χ2n) is 3.13. The van der Waals surface area contributed by atoms with Gasteiger partial charge in [0, 0.05) is 22.7 Å². The quantitative estimate of drug-likeness (QED) is 0.645. The summed E-state index contributed by atoms with van der Waals surface area (Å²) in [6.07, 6.45) is 0.759. The van der Waals surface area contributed by atoms with Gasteiger partial charge < -0.3 is 0 Å². The zero-order valence-electron chi connectivity index (χ0n) is 7.62. The fourth-order valence-corrected chi connectivity index (χ4v) is 1.46. The molecule has 1 aromatic heterocycles. The maximum absolute atomic E-state index is 12.9. The van der Waals surface area contributed by atoms with Crippen molar-refractivity contribution in [3.8, 4) is 0 Å². The van der Waals surface area contributed by atoms with Crippen molar-refractivity contribution >= 4 is 17.2 Å². The normalized spacial score (nSPS) is 10.4. The topological polar surface area (TPSA) is 30.0 Å². The Balaban J connectivity index is 2.87. The molecule has 0 aliphatic heterocycles. The number of carbonyl (C=O) groups is 1. The summed E-state index contributed by atoms with van der Waals surface area (Å²) in [5.74, 6) is -0.340. The first kappa shape index (κ1) is 8.81. The molecule has 0 saturated carbocycles. The predicted molar refractivity (Wildman–Crippen MR) is 51.8 cm³/mol. The van der Waals surface area contributed by atoms with Crippen LogP contribution in [0.2, 0.25) is 0 Å². The van der Waals surface area contributed by atoms with Crippen LogP contribution >= 0.6 is 0 Å². The first-order valence-electron chi connectivity index (χ1n) is 4.23. The third-order valence-electron chi connectivity index (χ3n) is 2.06. The van der Waals surface area contributed by atoms with Crippen LogP contribution in [0.3, 0.4) is 0 Å². The van der Waals surface area contributed by atoms with E-state index in [1.165, 1.54) is 12.1 Å². The zero-order chi connectivity index (χ0) is 10.1. The molecule has 0 fully saturated rings. The third kappa shape index (κ3) is 1.37. The Bertz CT molecular complexity index is 503. The first-order chi connectivity index (χ1) is 6.70. The summed E-state index contributed by atoms with van der Waals surface area (Å²) in [7, 11) is 0. The van der Waals surface area contributed by atoms with Gasteiger partial charge in [-0.1, -0.05) is 0 Å². The van der Waals surface area contributed by atoms with Crippen LogP contribution in [0.15, 0.2) is 24.3 Å². The fourth-order valence-electron chi connectivity index (χ4n) is 1.46. The number of aldehydes is 1. The van der Waals surface area contributed by atoms with E-state index in [0.717, 1.165) is 6.29 Å². The number of hydrogen-bond donors (Lipinski definition) is 0. The van der Waals surface area contributed by atoms with E-state index in [9.17, 15) is 9.18 Å². The highest BCUT2D eigenvalue weighted by molar-refractivity contribution is 5.96. The van der Waals surface area contributed by atoms with Gasteiger partial charge in [-0.3, -0.25) is 9.78 Å². The molecule has 70 valence electrons. The van der Waals surface area contributed by atoms with E-state index >= 15 is 0 Å². The van der Waals surface area contributed by atoms with Crippen LogP contribution in [0.4, 0.5) is 4.39 Å². The Kier molecular flexibility index (Phi) is 2.00. The summed E-state index contributed by atoms with van der Waals surface area (Å²) in [6.45, 7) is 1.78. The second-order valence-corrected chi connectivity index (χ2v) is 3.13. The predicted octanol–water partition coefficient (Wildman–Crippen LogP) is 2.49. The Labute approximate surface area is 80.4 Å². The number of pyridine rings is 1. The minimum atomic E-state index is -0.340. The highest BCUT2D eigenvalue weighted by Crippen LogP contribution is 2.17. The van der Waals surface area contributed by atoms with Crippen LogP contribution in [0.1, 0.15) is 16.1 Å². The van der Waals surface area contributed by atoms with Gasteiger partial charge in [-0.15, -0.1) is 0 Å². The van der Waals surface area contributed by atoms with Crippen molar-refractivity contribution in [3.05, 3.63) is 41.3 Å². The maximum Gasteiger partial charge on any atom is 0.150 e. The number of aromatic nitrogens is 1. The van der Waals surface area contributed by atoms with Crippen molar-refractivity contribution < 1.29 is 9.18 Å². The molecule has 0 atom stereocenters. The molecule has 0 unspecified atom stereocenters. The highest BCUT2D eigenvalue weighted by atomic mass is 19.1. The van der Waals surface area contributed by atoms with Gasteiger partial charge in [0.1, 0.15) is 5.82 Å². The molecule has 0 bridgehead atoms. The molecule has 0 amide bonds. The Morgan fingerprint density at radius 1 is 1.36 bits per heavy atom. The molecule has 0 spiro atoms. The molecule has 2 rings (SSSR count). The van der Waals surface area contributed by atoms with Crippen molar-refractivity contribution in [1.82, 2.24) is 4.98 Å². The minimum absolute atomic E-state index is 0.340. The number of nitrogens with zero attached hydrogens (tertiary/aromatic N) is 1. The van der Waals surface area contributed by atoms with Gasteiger partial charge in [-0.05, 0) is 25.1 Å². The molecule has 1 heterocycles. The second kappa shape index (κ2) is 3.18. The highest BCUT2D eigenvalue weighted by Gasteiger charge is 2.03. The van der Waals surface area contributed by atoms with Crippen molar-refractivity contribution in [1.29, 1.82) is 0 Å². The van der Waals surface area contributed by atoms with Gasteiger partial charge in [-0.25, -0.2) is 4.39 Å². The van der Waals surface area contributed by atoms with E-state index in [0.29, 0.717) is 22.2 Å². The van der Waals surface area contributed by atoms with Gasteiger partial charge in [-0.2, -0.15) is 0 Å². The number of hydrogen-bond acceptors (Lipinski definition) is 2. The minimum Gasteiger partial charge on any atom is -0.298 e. The monoisotopic (exact) mass is 189 g/mol. The van der Waals surface area contributed by atoms with Crippen LogP contribution in [0.5, 0.6) is 0 Å². The SMILES string of the molecule is Cc1cc(C=O)c2ccc(F)cc2n1. The number of aryl methyl sites for hydroxylation is 1. The number of fused-ring (bicyclic) bond motifs is 1. The molecule has 1 aromatic carbocycles. The Morgan fingerprint density at radius 2 is 2.14 bits per heavy atom. The average molecular weight is 189 g/mol. The molecule has 0 saturated heterocycles. The first-order valence-corrected chi connectivity index (χ1v) is 4.23. The molecular formula is C11H8FNO. The lowest BCUT2D eigenvalue weighted by atomic mass is 10.1. The Hall–Kier alpha value is -1.77. The van der Waals surface area contributed by atoms with E-state index < -0.39 is 0 Å². The van der Waals surface area contributed by atoms with Crippen molar-refractivity contribution in [2.45, 2.75) is 6.92 Å². The molecule has 3 heteroatoms. The number of halogens is 1. The number of rotatable bonds is 1. The summed E-state index contributed by atoms with van der Waals surface area (Å²) < 4.78 is 12.9. The lowest BCUT2D eigenvalue weighted by molar-refractivity contribution is 0.112. The van der Waals surface area contributed by atoms with Crippen LogP contribution in [0, 0.1) is 12.7 Å². The molecule has 14 heavy (non-hydrogen) atoms. The number of carbonyl (C=O) groups excluding carboxylic acids is 1. The molecule has 0 aliphatic rings. The molecule has 0 N–H and O–H groups in total.